The number of ether oxygens (including phenoxy) is 1. The molecule has 0 unspecified atom stereocenters. The quantitative estimate of drug-likeness (QED) is 0.861. The second-order valence-corrected chi connectivity index (χ2v) is 7.16. The maximum atomic E-state index is 5.88. The van der Waals surface area contributed by atoms with Gasteiger partial charge in [-0.15, -0.1) is 0 Å². The van der Waals surface area contributed by atoms with Crippen molar-refractivity contribution in [2.75, 3.05) is 31.1 Å². The van der Waals surface area contributed by atoms with E-state index in [1.54, 1.807) is 6.33 Å². The number of hydrogen-bond acceptors (Lipinski definition) is 6. The van der Waals surface area contributed by atoms with Crippen molar-refractivity contribution in [2.45, 2.75) is 44.2 Å². The summed E-state index contributed by atoms with van der Waals surface area (Å²) in [5.74, 6) is 1.51. The lowest BCUT2D eigenvalue weighted by Crippen LogP contribution is -2.33. The van der Waals surface area contributed by atoms with Crippen LogP contribution >= 0.6 is 0 Å². The summed E-state index contributed by atoms with van der Waals surface area (Å²) in [4.78, 5) is 16.0. The van der Waals surface area contributed by atoms with Gasteiger partial charge in [0.05, 0.1) is 18.3 Å². The summed E-state index contributed by atoms with van der Waals surface area (Å²) >= 11 is 0. The minimum absolute atomic E-state index is 0.274. The molecule has 0 saturated carbocycles. The first-order valence-electron chi connectivity index (χ1n) is 9.67. The Hall–Kier alpha value is -2.05. The lowest BCUT2D eigenvalue weighted by atomic mass is 9.94. The number of hydrogen-bond donors (Lipinski definition) is 1. The zero-order valence-corrected chi connectivity index (χ0v) is 15.2. The van der Waals surface area contributed by atoms with Gasteiger partial charge in [-0.2, -0.15) is 0 Å². The number of pyridine rings is 1. The first-order chi connectivity index (χ1) is 12.9. The number of nitrogens with zero attached hydrogens (tertiary/aromatic N) is 4. The number of nitrogens with one attached hydrogen (secondary N) is 1. The molecule has 2 aliphatic rings. The standard InChI is InChI=1S/C20H27N5O/c1-2-8-22-17(4-1)13-25(14-18-5-3-11-26-18)20-12-19(23-15-24-20)16-6-9-21-10-7-16/h1-2,4,8,12,15-16,18,21H,3,5-7,9-11,13-14H2/t18-/m1/s1. The second kappa shape index (κ2) is 8.56. The van der Waals surface area contributed by atoms with E-state index in [2.05, 4.69) is 37.3 Å². The van der Waals surface area contributed by atoms with Crippen LogP contribution in [-0.4, -0.2) is 47.3 Å². The molecule has 0 amide bonds. The zero-order chi connectivity index (χ0) is 17.6. The van der Waals surface area contributed by atoms with Crippen molar-refractivity contribution in [3.63, 3.8) is 0 Å². The van der Waals surface area contributed by atoms with E-state index in [-0.39, 0.29) is 6.10 Å². The van der Waals surface area contributed by atoms with Crippen molar-refractivity contribution < 1.29 is 4.74 Å². The monoisotopic (exact) mass is 353 g/mol. The molecule has 4 rings (SSSR count). The molecule has 0 aliphatic carbocycles. The van der Waals surface area contributed by atoms with Crippen molar-refractivity contribution >= 4 is 5.82 Å². The molecule has 2 aliphatic heterocycles. The molecule has 26 heavy (non-hydrogen) atoms. The molecule has 1 N–H and O–H groups in total. The van der Waals surface area contributed by atoms with Crippen molar-refractivity contribution in [3.8, 4) is 0 Å². The molecule has 4 heterocycles. The van der Waals surface area contributed by atoms with Crippen LogP contribution in [0.5, 0.6) is 0 Å². The predicted octanol–water partition coefficient (Wildman–Crippen LogP) is 2.52. The molecule has 0 aromatic carbocycles. The van der Waals surface area contributed by atoms with Crippen molar-refractivity contribution in [2.24, 2.45) is 0 Å². The van der Waals surface area contributed by atoms with E-state index in [1.807, 2.05) is 18.3 Å². The van der Waals surface area contributed by atoms with E-state index in [1.165, 1.54) is 0 Å². The van der Waals surface area contributed by atoms with Crippen molar-refractivity contribution in [1.82, 2.24) is 20.3 Å². The molecule has 0 radical (unpaired) electrons. The van der Waals surface area contributed by atoms with E-state index < -0.39 is 0 Å². The fourth-order valence-electron chi connectivity index (χ4n) is 3.84. The second-order valence-electron chi connectivity index (χ2n) is 7.16. The Morgan fingerprint density at radius 1 is 1.12 bits per heavy atom. The Kier molecular flexibility index (Phi) is 5.72. The molecule has 138 valence electrons. The molecule has 2 fully saturated rings. The van der Waals surface area contributed by atoms with Gasteiger partial charge < -0.3 is 15.0 Å². The van der Waals surface area contributed by atoms with Gasteiger partial charge in [0.15, 0.2) is 0 Å². The van der Waals surface area contributed by atoms with Crippen LogP contribution < -0.4 is 10.2 Å². The Labute approximate surface area is 155 Å². The zero-order valence-electron chi connectivity index (χ0n) is 15.2. The van der Waals surface area contributed by atoms with Gasteiger partial charge in [-0.1, -0.05) is 6.07 Å². The van der Waals surface area contributed by atoms with Crippen LogP contribution in [0.4, 0.5) is 5.82 Å². The van der Waals surface area contributed by atoms with E-state index >= 15 is 0 Å². The normalized spacial score (nSPS) is 21.0. The molecule has 0 spiro atoms. The minimum atomic E-state index is 0.274. The van der Waals surface area contributed by atoms with Crippen LogP contribution in [0.2, 0.25) is 0 Å². The highest BCUT2D eigenvalue weighted by Gasteiger charge is 2.22. The van der Waals surface area contributed by atoms with Gasteiger partial charge >= 0.3 is 0 Å². The summed E-state index contributed by atoms with van der Waals surface area (Å²) < 4.78 is 5.88. The minimum Gasteiger partial charge on any atom is -0.376 e. The smallest absolute Gasteiger partial charge is 0.132 e. The van der Waals surface area contributed by atoms with Gasteiger partial charge in [0.2, 0.25) is 0 Å². The summed E-state index contributed by atoms with van der Waals surface area (Å²) in [6.07, 6.45) is 8.38. The maximum Gasteiger partial charge on any atom is 0.132 e. The molecular formula is C20H27N5O. The third-order valence-corrected chi connectivity index (χ3v) is 5.28. The van der Waals surface area contributed by atoms with Gasteiger partial charge in [-0.3, -0.25) is 4.98 Å². The van der Waals surface area contributed by atoms with Crippen LogP contribution in [0.15, 0.2) is 36.8 Å². The summed E-state index contributed by atoms with van der Waals surface area (Å²) in [7, 11) is 0. The Bertz CT molecular complexity index is 684. The van der Waals surface area contributed by atoms with E-state index in [4.69, 9.17) is 4.74 Å². The largest absolute Gasteiger partial charge is 0.376 e. The molecule has 6 heteroatoms. The van der Waals surface area contributed by atoms with Crippen LogP contribution in [0.3, 0.4) is 0 Å². The average molecular weight is 353 g/mol. The summed E-state index contributed by atoms with van der Waals surface area (Å²) in [5, 5.41) is 3.42. The predicted molar refractivity (Wildman–Crippen MR) is 101 cm³/mol. The number of rotatable bonds is 6. The van der Waals surface area contributed by atoms with E-state index in [0.717, 1.165) is 75.7 Å². The van der Waals surface area contributed by atoms with E-state index in [9.17, 15) is 0 Å². The topological polar surface area (TPSA) is 63.2 Å². The molecular weight excluding hydrogens is 326 g/mol. The van der Waals surface area contributed by atoms with Gasteiger partial charge in [0, 0.05) is 37.0 Å². The summed E-state index contributed by atoms with van der Waals surface area (Å²) in [6.45, 7) is 4.59. The fourth-order valence-corrected chi connectivity index (χ4v) is 3.84. The van der Waals surface area contributed by atoms with E-state index in [0.29, 0.717) is 5.92 Å². The number of anilines is 1. The lowest BCUT2D eigenvalue weighted by molar-refractivity contribution is 0.115. The van der Waals surface area contributed by atoms with Gasteiger partial charge in [-0.05, 0) is 50.9 Å². The fraction of sp³-hybridized carbons (Fsp3) is 0.550. The Morgan fingerprint density at radius 3 is 2.81 bits per heavy atom. The SMILES string of the molecule is c1ccc(CN(C[C@H]2CCCO2)c2cc(C3CCNCC3)ncn2)nc1. The maximum absolute atomic E-state index is 5.88. The highest BCUT2D eigenvalue weighted by molar-refractivity contribution is 5.40. The van der Waals surface area contributed by atoms with Crippen molar-refractivity contribution in [3.05, 3.63) is 48.2 Å². The van der Waals surface area contributed by atoms with Crippen LogP contribution in [0, 0.1) is 0 Å². The van der Waals surface area contributed by atoms with Crippen LogP contribution in [0.25, 0.3) is 0 Å². The first-order valence-corrected chi connectivity index (χ1v) is 9.67. The lowest BCUT2D eigenvalue weighted by Gasteiger charge is -2.27. The molecule has 2 saturated heterocycles. The van der Waals surface area contributed by atoms with Gasteiger partial charge in [-0.25, -0.2) is 9.97 Å². The number of piperidine rings is 1. The summed E-state index contributed by atoms with van der Waals surface area (Å²) in [5.41, 5.74) is 2.21. The number of aromatic nitrogens is 3. The molecule has 1 atom stereocenters. The van der Waals surface area contributed by atoms with Crippen LogP contribution in [-0.2, 0) is 11.3 Å². The highest BCUT2D eigenvalue weighted by Crippen LogP contribution is 2.26. The summed E-state index contributed by atoms with van der Waals surface area (Å²) in [6, 6.07) is 8.23. The Morgan fingerprint density at radius 2 is 2.04 bits per heavy atom. The highest BCUT2D eigenvalue weighted by atomic mass is 16.5. The third kappa shape index (κ3) is 4.37. The molecule has 2 aromatic rings. The molecule has 2 aromatic heterocycles. The van der Waals surface area contributed by atoms with Gasteiger partial charge in [0.25, 0.3) is 0 Å². The Balaban J connectivity index is 1.55. The first kappa shape index (κ1) is 17.4. The average Bonchev–Trinajstić information content (AvgIpc) is 3.22. The van der Waals surface area contributed by atoms with Gasteiger partial charge in [0.1, 0.15) is 12.1 Å². The molecule has 6 nitrogen and oxygen atoms in total. The van der Waals surface area contributed by atoms with Crippen LogP contribution in [0.1, 0.15) is 43.0 Å². The molecule has 0 bridgehead atoms. The van der Waals surface area contributed by atoms with Crippen molar-refractivity contribution in [1.29, 1.82) is 0 Å². The third-order valence-electron chi connectivity index (χ3n) is 5.28.